The molecule has 5 nitrogen and oxygen atoms in total. The zero-order chi connectivity index (χ0) is 14.0. The lowest BCUT2D eigenvalue weighted by molar-refractivity contribution is -0.0497. The molecule has 1 N–H and O–H groups in total. The molecule has 0 aliphatic rings. The third kappa shape index (κ3) is 3.00. The van der Waals surface area contributed by atoms with Crippen LogP contribution in [0.25, 0.3) is 11.3 Å². The lowest BCUT2D eigenvalue weighted by Gasteiger charge is -2.06. The summed E-state index contributed by atoms with van der Waals surface area (Å²) in [6, 6.07) is 5.16. The first-order valence-corrected chi connectivity index (χ1v) is 5.30. The highest BCUT2D eigenvalue weighted by Crippen LogP contribution is 2.31. The molecule has 1 heterocycles. The summed E-state index contributed by atoms with van der Waals surface area (Å²) >= 11 is 5.76. The first-order chi connectivity index (χ1) is 8.97. The molecule has 0 radical (unpaired) electrons. The molecule has 2 aromatic rings. The van der Waals surface area contributed by atoms with Gasteiger partial charge in [0.05, 0.1) is 5.02 Å². The van der Waals surface area contributed by atoms with E-state index in [2.05, 4.69) is 14.4 Å². The van der Waals surface area contributed by atoms with E-state index in [1.165, 1.54) is 24.3 Å². The zero-order valence-electron chi connectivity index (χ0n) is 9.14. The first kappa shape index (κ1) is 13.3. The topological polar surface area (TPSA) is 72.6 Å². The molecule has 19 heavy (non-hydrogen) atoms. The van der Waals surface area contributed by atoms with Crippen molar-refractivity contribution in [2.45, 2.75) is 6.61 Å². The molecule has 0 saturated heterocycles. The van der Waals surface area contributed by atoms with Crippen LogP contribution in [0.5, 0.6) is 5.75 Å². The van der Waals surface area contributed by atoms with Crippen LogP contribution in [0.3, 0.4) is 0 Å². The first-order valence-electron chi connectivity index (χ1n) is 4.92. The summed E-state index contributed by atoms with van der Waals surface area (Å²) in [5.74, 6) is -1.77. The molecule has 0 bridgehead atoms. The van der Waals surface area contributed by atoms with Crippen LogP contribution < -0.4 is 4.74 Å². The predicted molar refractivity (Wildman–Crippen MR) is 60.5 cm³/mol. The normalized spacial score (nSPS) is 10.7. The summed E-state index contributed by atoms with van der Waals surface area (Å²) in [6.45, 7) is -2.98. The Labute approximate surface area is 110 Å². The molecule has 0 fully saturated rings. The van der Waals surface area contributed by atoms with E-state index in [0.29, 0.717) is 5.56 Å². The van der Waals surface area contributed by atoms with Crippen molar-refractivity contribution in [1.82, 2.24) is 5.16 Å². The summed E-state index contributed by atoms with van der Waals surface area (Å²) in [5.41, 5.74) is 0.644. The maximum atomic E-state index is 12.0. The highest BCUT2D eigenvalue weighted by Gasteiger charge is 2.14. The van der Waals surface area contributed by atoms with Gasteiger partial charge in [0.15, 0.2) is 0 Å². The molecule has 8 heteroatoms. The fourth-order valence-corrected chi connectivity index (χ4v) is 1.59. The van der Waals surface area contributed by atoms with E-state index >= 15 is 0 Å². The van der Waals surface area contributed by atoms with Crippen molar-refractivity contribution in [3.8, 4) is 17.0 Å². The molecule has 0 unspecified atom stereocenters. The highest BCUT2D eigenvalue weighted by atomic mass is 35.5. The van der Waals surface area contributed by atoms with Crippen molar-refractivity contribution in [3.63, 3.8) is 0 Å². The molecule has 0 aliphatic heterocycles. The van der Waals surface area contributed by atoms with Crippen LogP contribution in [0.4, 0.5) is 8.78 Å². The van der Waals surface area contributed by atoms with Gasteiger partial charge in [-0.15, -0.1) is 0 Å². The van der Waals surface area contributed by atoms with Crippen molar-refractivity contribution in [2.24, 2.45) is 0 Å². The molecule has 0 saturated carbocycles. The average Bonchev–Trinajstić information content (AvgIpc) is 2.80. The van der Waals surface area contributed by atoms with E-state index in [1.807, 2.05) is 0 Å². The van der Waals surface area contributed by atoms with Crippen molar-refractivity contribution in [3.05, 3.63) is 35.0 Å². The monoisotopic (exact) mass is 289 g/mol. The van der Waals surface area contributed by atoms with Crippen molar-refractivity contribution in [1.29, 1.82) is 0 Å². The van der Waals surface area contributed by atoms with Gasteiger partial charge in [-0.25, -0.2) is 4.79 Å². The van der Waals surface area contributed by atoms with Crippen LogP contribution in [-0.2, 0) is 0 Å². The summed E-state index contributed by atoms with van der Waals surface area (Å²) in [7, 11) is 0. The van der Waals surface area contributed by atoms with Crippen LogP contribution in [0.1, 0.15) is 10.6 Å². The SMILES string of the molecule is O=C(O)c1cc(-c2ccc(OC(F)F)c(Cl)c2)no1. The summed E-state index contributed by atoms with van der Waals surface area (Å²) in [5, 5.41) is 12.2. The molecule has 2 rings (SSSR count). The molecule has 100 valence electrons. The minimum atomic E-state index is -2.98. The molecule has 0 spiro atoms. The predicted octanol–water partition coefficient (Wildman–Crippen LogP) is 3.29. The minimum Gasteiger partial charge on any atom is -0.475 e. The van der Waals surface area contributed by atoms with E-state index in [1.54, 1.807) is 0 Å². The fourth-order valence-electron chi connectivity index (χ4n) is 1.36. The van der Waals surface area contributed by atoms with Gasteiger partial charge in [-0.3, -0.25) is 0 Å². The average molecular weight is 290 g/mol. The number of ether oxygens (including phenoxy) is 1. The van der Waals surface area contributed by atoms with Gasteiger partial charge in [-0.2, -0.15) is 8.78 Å². The Balaban J connectivity index is 2.30. The molecular formula is C11H6ClF2NO4. The number of carbonyl (C=O) groups is 1. The quantitative estimate of drug-likeness (QED) is 0.935. The molecule has 1 aromatic heterocycles. The Hall–Kier alpha value is -2.15. The number of hydrogen-bond acceptors (Lipinski definition) is 4. The van der Waals surface area contributed by atoms with E-state index in [0.717, 1.165) is 0 Å². The van der Waals surface area contributed by atoms with Gasteiger partial charge in [0.25, 0.3) is 0 Å². The zero-order valence-corrected chi connectivity index (χ0v) is 9.90. The number of carboxylic acid groups (broad SMARTS) is 1. The summed E-state index contributed by atoms with van der Waals surface area (Å²) in [4.78, 5) is 10.6. The largest absolute Gasteiger partial charge is 0.475 e. The van der Waals surface area contributed by atoms with Gasteiger partial charge in [-0.1, -0.05) is 16.8 Å². The Kier molecular flexibility index (Phi) is 3.66. The van der Waals surface area contributed by atoms with Gasteiger partial charge >= 0.3 is 12.6 Å². The Morgan fingerprint density at radius 3 is 2.68 bits per heavy atom. The Morgan fingerprint density at radius 2 is 2.16 bits per heavy atom. The number of nitrogens with zero attached hydrogens (tertiary/aromatic N) is 1. The number of benzene rings is 1. The fraction of sp³-hybridized carbons (Fsp3) is 0.0909. The van der Waals surface area contributed by atoms with E-state index in [4.69, 9.17) is 16.7 Å². The maximum absolute atomic E-state index is 12.0. The summed E-state index contributed by atoms with van der Waals surface area (Å²) in [6.07, 6.45) is 0. The number of hydrogen-bond donors (Lipinski definition) is 1. The third-order valence-corrected chi connectivity index (χ3v) is 2.46. The minimum absolute atomic E-state index is 0.0438. The van der Waals surface area contributed by atoms with Gasteiger partial charge in [0.2, 0.25) is 5.76 Å². The van der Waals surface area contributed by atoms with Crippen molar-refractivity contribution in [2.75, 3.05) is 0 Å². The van der Waals surface area contributed by atoms with Crippen LogP contribution in [0.15, 0.2) is 28.8 Å². The third-order valence-electron chi connectivity index (χ3n) is 2.16. The van der Waals surface area contributed by atoms with Crippen LogP contribution in [-0.4, -0.2) is 22.8 Å². The highest BCUT2D eigenvalue weighted by molar-refractivity contribution is 6.32. The van der Waals surface area contributed by atoms with Crippen LogP contribution in [0.2, 0.25) is 5.02 Å². The van der Waals surface area contributed by atoms with Crippen molar-refractivity contribution >= 4 is 17.6 Å². The standard InChI is InChI=1S/C11H6ClF2NO4/c12-6-3-5(1-2-8(6)18-11(13)14)7-4-9(10(16)17)19-15-7/h1-4,11H,(H,16,17). The van der Waals surface area contributed by atoms with E-state index < -0.39 is 12.6 Å². The Morgan fingerprint density at radius 1 is 1.42 bits per heavy atom. The number of carboxylic acids is 1. The van der Waals surface area contributed by atoms with Crippen LogP contribution in [0, 0.1) is 0 Å². The van der Waals surface area contributed by atoms with E-state index in [9.17, 15) is 13.6 Å². The molecule has 0 atom stereocenters. The molecule has 0 aliphatic carbocycles. The van der Waals surface area contributed by atoms with Gasteiger partial charge in [0.1, 0.15) is 11.4 Å². The van der Waals surface area contributed by atoms with Gasteiger partial charge < -0.3 is 14.4 Å². The van der Waals surface area contributed by atoms with Gasteiger partial charge in [0, 0.05) is 11.6 Å². The molecule has 1 aromatic carbocycles. The smallest absolute Gasteiger partial charge is 0.387 e. The van der Waals surface area contributed by atoms with Crippen molar-refractivity contribution < 1.29 is 27.9 Å². The number of alkyl halides is 2. The Bertz CT molecular complexity index is 614. The lowest BCUT2D eigenvalue weighted by Crippen LogP contribution is -2.02. The van der Waals surface area contributed by atoms with Crippen LogP contribution >= 0.6 is 11.6 Å². The summed E-state index contributed by atoms with van der Waals surface area (Å²) < 4.78 is 32.8. The second kappa shape index (κ2) is 5.23. The second-order valence-corrected chi connectivity index (χ2v) is 3.81. The number of rotatable bonds is 4. The second-order valence-electron chi connectivity index (χ2n) is 3.41. The maximum Gasteiger partial charge on any atom is 0.387 e. The number of aromatic carboxylic acids is 1. The molecular weight excluding hydrogens is 284 g/mol. The lowest BCUT2D eigenvalue weighted by atomic mass is 10.1. The van der Waals surface area contributed by atoms with E-state index in [-0.39, 0.29) is 22.2 Å². The molecule has 0 amide bonds. The van der Waals surface area contributed by atoms with Gasteiger partial charge in [-0.05, 0) is 18.2 Å². The number of halogens is 3. The number of aromatic nitrogens is 1.